The van der Waals surface area contributed by atoms with Crippen LogP contribution < -0.4 is 9.64 Å². The van der Waals surface area contributed by atoms with Crippen LogP contribution in [-0.4, -0.2) is 37.3 Å². The summed E-state index contributed by atoms with van der Waals surface area (Å²) in [4.78, 5) is 12.5. The Morgan fingerprint density at radius 2 is 2.00 bits per heavy atom. The average molecular weight is 266 g/mol. The molecule has 1 heterocycles. The Bertz CT molecular complexity index is 468. The standard InChI is InChI=1S/C13H18N2O4/c1-9-7-14(8-10(2)19-9)12-5-4-11(15(16)17)6-13(12)18-3/h4-6,9-10H,7-8H2,1-3H3/t9-,10-/m0/s1. The molecule has 0 aromatic heterocycles. The Morgan fingerprint density at radius 3 is 2.53 bits per heavy atom. The summed E-state index contributed by atoms with van der Waals surface area (Å²) in [5, 5.41) is 10.8. The number of anilines is 1. The third kappa shape index (κ3) is 2.96. The monoisotopic (exact) mass is 266 g/mol. The third-order valence-electron chi connectivity index (χ3n) is 3.13. The van der Waals surface area contributed by atoms with Crippen molar-refractivity contribution < 1.29 is 14.4 Å². The summed E-state index contributed by atoms with van der Waals surface area (Å²) in [6.07, 6.45) is 0.257. The number of hydrogen-bond acceptors (Lipinski definition) is 5. The van der Waals surface area contributed by atoms with E-state index in [1.54, 1.807) is 6.07 Å². The molecule has 1 aliphatic heterocycles. The van der Waals surface area contributed by atoms with Gasteiger partial charge in [-0.05, 0) is 19.9 Å². The van der Waals surface area contributed by atoms with Gasteiger partial charge in [0.15, 0.2) is 0 Å². The van der Waals surface area contributed by atoms with Gasteiger partial charge in [0.1, 0.15) is 5.75 Å². The molecule has 1 saturated heterocycles. The molecule has 19 heavy (non-hydrogen) atoms. The number of rotatable bonds is 3. The Kier molecular flexibility index (Phi) is 3.90. The summed E-state index contributed by atoms with van der Waals surface area (Å²) in [7, 11) is 1.52. The molecular formula is C13H18N2O4. The van der Waals surface area contributed by atoms with E-state index in [1.165, 1.54) is 19.2 Å². The lowest BCUT2D eigenvalue weighted by atomic mass is 10.1. The number of nitro benzene ring substituents is 1. The summed E-state index contributed by atoms with van der Waals surface area (Å²) in [5.74, 6) is 0.524. The minimum Gasteiger partial charge on any atom is -0.494 e. The lowest BCUT2D eigenvalue weighted by Gasteiger charge is -2.37. The molecule has 2 rings (SSSR count). The molecule has 0 N–H and O–H groups in total. The fourth-order valence-electron chi connectivity index (χ4n) is 2.42. The Balaban J connectivity index is 2.30. The number of nitrogens with zero attached hydrogens (tertiary/aromatic N) is 2. The summed E-state index contributed by atoms with van der Waals surface area (Å²) in [6, 6.07) is 4.70. The van der Waals surface area contributed by atoms with Crippen LogP contribution in [0.1, 0.15) is 13.8 Å². The van der Waals surface area contributed by atoms with Gasteiger partial charge in [0.25, 0.3) is 5.69 Å². The van der Waals surface area contributed by atoms with E-state index in [0.717, 1.165) is 18.8 Å². The molecule has 6 heteroatoms. The molecule has 0 radical (unpaired) electrons. The van der Waals surface area contributed by atoms with E-state index in [-0.39, 0.29) is 17.9 Å². The summed E-state index contributed by atoms with van der Waals surface area (Å²) in [6.45, 7) is 5.53. The first-order valence-corrected chi connectivity index (χ1v) is 6.24. The molecule has 0 bridgehead atoms. The van der Waals surface area contributed by atoms with Crippen LogP contribution in [0, 0.1) is 10.1 Å². The molecule has 0 spiro atoms. The van der Waals surface area contributed by atoms with Gasteiger partial charge in [0, 0.05) is 19.2 Å². The fourth-order valence-corrected chi connectivity index (χ4v) is 2.42. The second-order valence-corrected chi connectivity index (χ2v) is 4.78. The maximum atomic E-state index is 10.8. The summed E-state index contributed by atoms with van der Waals surface area (Å²) in [5.41, 5.74) is 0.907. The number of morpholine rings is 1. The number of nitro groups is 1. The van der Waals surface area contributed by atoms with Crippen molar-refractivity contribution >= 4 is 11.4 Å². The van der Waals surface area contributed by atoms with Crippen molar-refractivity contribution in [2.75, 3.05) is 25.1 Å². The lowest BCUT2D eigenvalue weighted by molar-refractivity contribution is -0.384. The second-order valence-electron chi connectivity index (χ2n) is 4.78. The van der Waals surface area contributed by atoms with Gasteiger partial charge in [-0.2, -0.15) is 0 Å². The molecule has 1 aromatic rings. The van der Waals surface area contributed by atoms with Crippen LogP contribution in [0.3, 0.4) is 0 Å². The molecule has 0 amide bonds. The SMILES string of the molecule is COc1cc([N+](=O)[O-])ccc1N1C[C@H](C)O[C@@H](C)C1. The molecule has 1 aromatic carbocycles. The first-order chi connectivity index (χ1) is 9.01. The van der Waals surface area contributed by atoms with Gasteiger partial charge in [0.05, 0.1) is 36.0 Å². The predicted molar refractivity (Wildman–Crippen MR) is 71.9 cm³/mol. The highest BCUT2D eigenvalue weighted by molar-refractivity contribution is 5.62. The second kappa shape index (κ2) is 5.44. The maximum Gasteiger partial charge on any atom is 0.273 e. The van der Waals surface area contributed by atoms with Crippen LogP contribution in [-0.2, 0) is 4.74 Å². The Hall–Kier alpha value is -1.82. The molecule has 0 saturated carbocycles. The van der Waals surface area contributed by atoms with E-state index in [9.17, 15) is 10.1 Å². The molecule has 104 valence electrons. The molecule has 0 aliphatic carbocycles. The first-order valence-electron chi connectivity index (χ1n) is 6.24. The fraction of sp³-hybridized carbons (Fsp3) is 0.538. The smallest absolute Gasteiger partial charge is 0.273 e. The molecular weight excluding hydrogens is 248 g/mol. The van der Waals surface area contributed by atoms with Gasteiger partial charge in [-0.25, -0.2) is 0 Å². The zero-order valence-corrected chi connectivity index (χ0v) is 11.3. The number of ether oxygens (including phenoxy) is 2. The normalized spacial score (nSPS) is 23.2. The van der Waals surface area contributed by atoms with Crippen molar-refractivity contribution in [2.45, 2.75) is 26.1 Å². The Morgan fingerprint density at radius 1 is 1.37 bits per heavy atom. The van der Waals surface area contributed by atoms with Gasteiger partial charge in [-0.1, -0.05) is 0 Å². The maximum absolute atomic E-state index is 10.8. The van der Waals surface area contributed by atoms with Gasteiger partial charge in [-0.3, -0.25) is 10.1 Å². The van der Waals surface area contributed by atoms with Crippen LogP contribution >= 0.6 is 0 Å². The highest BCUT2D eigenvalue weighted by atomic mass is 16.6. The highest BCUT2D eigenvalue weighted by Crippen LogP contribution is 2.33. The van der Waals surface area contributed by atoms with Gasteiger partial charge < -0.3 is 14.4 Å². The molecule has 2 atom stereocenters. The van der Waals surface area contributed by atoms with Crippen LogP contribution in [0.25, 0.3) is 0 Å². The van der Waals surface area contributed by atoms with Crippen molar-refractivity contribution in [2.24, 2.45) is 0 Å². The lowest BCUT2D eigenvalue weighted by Crippen LogP contribution is -2.45. The van der Waals surface area contributed by atoms with E-state index in [4.69, 9.17) is 9.47 Å². The van der Waals surface area contributed by atoms with E-state index >= 15 is 0 Å². The van der Waals surface area contributed by atoms with Crippen molar-refractivity contribution in [1.82, 2.24) is 0 Å². The zero-order valence-electron chi connectivity index (χ0n) is 11.3. The quantitative estimate of drug-likeness (QED) is 0.620. The molecule has 1 aliphatic rings. The Labute approximate surface area is 112 Å². The largest absolute Gasteiger partial charge is 0.494 e. The summed E-state index contributed by atoms with van der Waals surface area (Å²) >= 11 is 0. The van der Waals surface area contributed by atoms with E-state index < -0.39 is 4.92 Å². The van der Waals surface area contributed by atoms with E-state index in [2.05, 4.69) is 4.90 Å². The van der Waals surface area contributed by atoms with Crippen molar-refractivity contribution in [3.05, 3.63) is 28.3 Å². The van der Waals surface area contributed by atoms with E-state index in [0.29, 0.717) is 5.75 Å². The predicted octanol–water partition coefficient (Wildman–Crippen LogP) is 2.22. The summed E-state index contributed by atoms with van der Waals surface area (Å²) < 4.78 is 11.0. The average Bonchev–Trinajstić information content (AvgIpc) is 2.36. The number of benzene rings is 1. The first kappa shape index (κ1) is 13.6. The van der Waals surface area contributed by atoms with Gasteiger partial charge >= 0.3 is 0 Å². The number of methoxy groups -OCH3 is 1. The topological polar surface area (TPSA) is 64.8 Å². The van der Waals surface area contributed by atoms with Crippen LogP contribution in [0.2, 0.25) is 0 Å². The zero-order chi connectivity index (χ0) is 14.0. The number of non-ortho nitro benzene ring substituents is 1. The number of hydrogen-bond donors (Lipinski definition) is 0. The minimum absolute atomic E-state index is 0.0370. The molecule has 1 fully saturated rings. The molecule has 0 unspecified atom stereocenters. The van der Waals surface area contributed by atoms with Gasteiger partial charge in [0.2, 0.25) is 0 Å². The van der Waals surface area contributed by atoms with Crippen molar-refractivity contribution in [3.8, 4) is 5.75 Å². The van der Waals surface area contributed by atoms with Crippen LogP contribution in [0.4, 0.5) is 11.4 Å². The van der Waals surface area contributed by atoms with Crippen molar-refractivity contribution in [1.29, 1.82) is 0 Å². The minimum atomic E-state index is -0.420. The van der Waals surface area contributed by atoms with Crippen LogP contribution in [0.5, 0.6) is 5.75 Å². The van der Waals surface area contributed by atoms with E-state index in [1.807, 2.05) is 13.8 Å². The van der Waals surface area contributed by atoms with Crippen molar-refractivity contribution in [3.63, 3.8) is 0 Å². The highest BCUT2D eigenvalue weighted by Gasteiger charge is 2.25. The molecule has 6 nitrogen and oxygen atoms in total. The van der Waals surface area contributed by atoms with Crippen LogP contribution in [0.15, 0.2) is 18.2 Å². The third-order valence-corrected chi connectivity index (χ3v) is 3.13. The van der Waals surface area contributed by atoms with Gasteiger partial charge in [-0.15, -0.1) is 0 Å².